The van der Waals surface area contributed by atoms with Gasteiger partial charge < -0.3 is 0 Å². The molecule has 1 aromatic heterocycles. The third-order valence-electron chi connectivity index (χ3n) is 3.04. The van der Waals surface area contributed by atoms with Gasteiger partial charge in [-0.05, 0) is 17.9 Å². The Labute approximate surface area is 114 Å². The van der Waals surface area contributed by atoms with Gasteiger partial charge in [0, 0.05) is 11.6 Å². The molecule has 0 bridgehead atoms. The minimum atomic E-state index is -6.38. The monoisotopic (exact) mass is 311 g/mol. The fourth-order valence-corrected chi connectivity index (χ4v) is 1.91. The van der Waals surface area contributed by atoms with E-state index in [2.05, 4.69) is 4.98 Å². The van der Waals surface area contributed by atoms with E-state index in [1.165, 1.54) is 25.1 Å². The number of rotatable bonds is 2. The van der Waals surface area contributed by atoms with Gasteiger partial charge in [0.1, 0.15) is 5.69 Å². The van der Waals surface area contributed by atoms with E-state index in [-0.39, 0.29) is 5.39 Å². The largest absolute Gasteiger partial charge is 0.460 e. The molecule has 0 atom stereocenters. The number of hydrogen-bond donors (Lipinski definition) is 0. The van der Waals surface area contributed by atoms with E-state index < -0.39 is 29.1 Å². The lowest BCUT2D eigenvalue weighted by Gasteiger charge is -2.28. The number of nitrogens with zero attached hydrogens (tertiary/aromatic N) is 1. The molecule has 0 aliphatic heterocycles. The van der Waals surface area contributed by atoms with Crippen molar-refractivity contribution in [2.75, 3.05) is 0 Å². The average molecular weight is 311 g/mol. The Morgan fingerprint density at radius 2 is 1.38 bits per heavy atom. The number of benzene rings is 1. The summed E-state index contributed by atoms with van der Waals surface area (Å²) >= 11 is 0. The Kier molecular flexibility index (Phi) is 3.38. The van der Waals surface area contributed by atoms with Crippen LogP contribution in [0.1, 0.15) is 11.3 Å². The zero-order valence-electron chi connectivity index (χ0n) is 10.5. The molecule has 114 valence electrons. The van der Waals surface area contributed by atoms with Gasteiger partial charge >= 0.3 is 18.0 Å². The van der Waals surface area contributed by atoms with Crippen molar-refractivity contribution in [3.05, 3.63) is 41.7 Å². The Hall–Kier alpha value is -1.86. The SMILES string of the molecule is Cc1cnc(C(F)(F)C(F)(F)C(F)(F)F)c2ccccc12. The van der Waals surface area contributed by atoms with Crippen LogP contribution < -0.4 is 0 Å². The van der Waals surface area contributed by atoms with E-state index in [4.69, 9.17) is 0 Å². The van der Waals surface area contributed by atoms with E-state index in [1.54, 1.807) is 0 Å². The molecule has 0 unspecified atom stereocenters. The molecule has 1 heterocycles. The van der Waals surface area contributed by atoms with Crippen LogP contribution in [0.2, 0.25) is 0 Å². The fraction of sp³-hybridized carbons (Fsp3) is 0.308. The maximum atomic E-state index is 13.8. The number of aryl methyl sites for hydroxylation is 1. The van der Waals surface area contributed by atoms with Crippen LogP contribution in [0.15, 0.2) is 30.5 Å². The van der Waals surface area contributed by atoms with Crippen LogP contribution in [0, 0.1) is 6.92 Å². The first kappa shape index (κ1) is 15.5. The van der Waals surface area contributed by atoms with Crippen molar-refractivity contribution in [1.29, 1.82) is 0 Å². The molecule has 1 nitrogen and oxygen atoms in total. The first-order valence-corrected chi connectivity index (χ1v) is 5.67. The molecule has 0 amide bonds. The maximum Gasteiger partial charge on any atom is 0.460 e. The van der Waals surface area contributed by atoms with Crippen molar-refractivity contribution in [3.63, 3.8) is 0 Å². The first-order chi connectivity index (χ1) is 9.50. The van der Waals surface area contributed by atoms with E-state index in [0.29, 0.717) is 5.56 Å². The second-order valence-electron chi connectivity index (χ2n) is 4.48. The molecule has 0 N–H and O–H groups in total. The number of pyridine rings is 1. The highest BCUT2D eigenvalue weighted by Gasteiger charge is 2.74. The van der Waals surface area contributed by atoms with Gasteiger partial charge in [-0.3, -0.25) is 4.98 Å². The fourth-order valence-electron chi connectivity index (χ4n) is 1.91. The van der Waals surface area contributed by atoms with Gasteiger partial charge in [0.05, 0.1) is 0 Å². The summed E-state index contributed by atoms with van der Waals surface area (Å²) in [6, 6.07) is 5.09. The Bertz CT molecular complexity index is 676. The summed E-state index contributed by atoms with van der Waals surface area (Å²) in [6.07, 6.45) is -5.54. The van der Waals surface area contributed by atoms with Crippen molar-refractivity contribution in [3.8, 4) is 0 Å². The van der Waals surface area contributed by atoms with Crippen molar-refractivity contribution in [1.82, 2.24) is 4.98 Å². The molecule has 0 spiro atoms. The van der Waals surface area contributed by atoms with Crippen molar-refractivity contribution in [2.24, 2.45) is 0 Å². The lowest BCUT2D eigenvalue weighted by atomic mass is 9.99. The third kappa shape index (κ3) is 2.22. The van der Waals surface area contributed by atoms with Gasteiger partial charge in [0.25, 0.3) is 0 Å². The van der Waals surface area contributed by atoms with E-state index >= 15 is 0 Å². The molecule has 0 saturated heterocycles. The number of hydrogen-bond acceptors (Lipinski definition) is 1. The lowest BCUT2D eigenvalue weighted by molar-refractivity contribution is -0.360. The second-order valence-corrected chi connectivity index (χ2v) is 4.48. The summed E-state index contributed by atoms with van der Waals surface area (Å²) in [6.45, 7) is 1.49. The zero-order chi connectivity index (χ0) is 16.1. The summed E-state index contributed by atoms with van der Waals surface area (Å²) in [5.41, 5.74) is -1.20. The smallest absolute Gasteiger partial charge is 0.254 e. The first-order valence-electron chi connectivity index (χ1n) is 5.67. The molecule has 0 aliphatic carbocycles. The molecule has 0 radical (unpaired) electrons. The van der Waals surface area contributed by atoms with Gasteiger partial charge in [0.2, 0.25) is 0 Å². The van der Waals surface area contributed by atoms with Gasteiger partial charge in [-0.1, -0.05) is 24.3 Å². The van der Waals surface area contributed by atoms with Crippen molar-refractivity contribution < 1.29 is 30.7 Å². The summed E-state index contributed by atoms with van der Waals surface area (Å²) < 4.78 is 90.4. The lowest BCUT2D eigenvalue weighted by Crippen LogP contribution is -2.50. The third-order valence-corrected chi connectivity index (χ3v) is 3.04. The summed E-state index contributed by atoms with van der Waals surface area (Å²) in [4.78, 5) is 3.13. The van der Waals surface area contributed by atoms with Gasteiger partial charge in [-0.15, -0.1) is 0 Å². The molecule has 0 saturated carbocycles. The Balaban J connectivity index is 2.75. The molecule has 0 aliphatic rings. The van der Waals surface area contributed by atoms with Crippen LogP contribution in [0.3, 0.4) is 0 Å². The van der Waals surface area contributed by atoms with Crippen molar-refractivity contribution >= 4 is 10.8 Å². The minimum absolute atomic E-state index is 0.139. The molecular formula is C13H8F7N. The number of alkyl halides is 7. The Morgan fingerprint density at radius 3 is 1.90 bits per heavy atom. The van der Waals surface area contributed by atoms with Crippen LogP contribution in [0.25, 0.3) is 10.8 Å². The van der Waals surface area contributed by atoms with Crippen LogP contribution >= 0.6 is 0 Å². The van der Waals surface area contributed by atoms with E-state index in [9.17, 15) is 30.7 Å². The maximum absolute atomic E-state index is 13.8. The highest BCUT2D eigenvalue weighted by atomic mass is 19.4. The van der Waals surface area contributed by atoms with Crippen molar-refractivity contribution in [2.45, 2.75) is 24.9 Å². The molecule has 2 aromatic rings. The molecular weight excluding hydrogens is 303 g/mol. The van der Waals surface area contributed by atoms with E-state index in [0.717, 1.165) is 12.3 Å². The summed E-state index contributed by atoms with van der Waals surface area (Å²) in [5.74, 6) is -11.7. The van der Waals surface area contributed by atoms with Gasteiger partial charge in [-0.25, -0.2) is 0 Å². The zero-order valence-corrected chi connectivity index (χ0v) is 10.5. The number of halogens is 7. The standard InChI is InChI=1S/C13H8F7N/c1-7-6-21-10(9-5-3-2-4-8(7)9)11(14,15)12(16,17)13(18,19)20/h2-6H,1H3. The van der Waals surface area contributed by atoms with E-state index in [1.807, 2.05) is 0 Å². The molecule has 2 rings (SSSR count). The second kappa shape index (κ2) is 4.57. The molecule has 21 heavy (non-hydrogen) atoms. The summed E-state index contributed by atoms with van der Waals surface area (Å²) in [5, 5.41) is -0.299. The normalized spacial score (nSPS) is 13.7. The van der Waals surface area contributed by atoms with Crippen LogP contribution in [-0.4, -0.2) is 17.1 Å². The highest BCUT2D eigenvalue weighted by molar-refractivity contribution is 5.87. The predicted octanol–water partition coefficient (Wildman–Crippen LogP) is 4.83. The molecule has 1 aromatic carbocycles. The van der Waals surface area contributed by atoms with Crippen LogP contribution in [0.5, 0.6) is 0 Å². The van der Waals surface area contributed by atoms with Gasteiger partial charge in [0.15, 0.2) is 0 Å². The summed E-state index contributed by atoms with van der Waals surface area (Å²) in [7, 11) is 0. The van der Waals surface area contributed by atoms with Crippen LogP contribution in [-0.2, 0) is 5.92 Å². The number of fused-ring (bicyclic) bond motifs is 1. The molecule has 8 heteroatoms. The Morgan fingerprint density at radius 1 is 0.857 bits per heavy atom. The topological polar surface area (TPSA) is 12.9 Å². The van der Waals surface area contributed by atoms with Crippen LogP contribution in [0.4, 0.5) is 30.7 Å². The molecule has 0 fully saturated rings. The highest BCUT2D eigenvalue weighted by Crippen LogP contribution is 2.52. The quantitative estimate of drug-likeness (QED) is 0.724. The van der Waals surface area contributed by atoms with Gasteiger partial charge in [-0.2, -0.15) is 30.7 Å². The minimum Gasteiger partial charge on any atom is -0.254 e. The predicted molar refractivity (Wildman–Crippen MR) is 61.4 cm³/mol. The number of aromatic nitrogens is 1. The average Bonchev–Trinajstić information content (AvgIpc) is 2.37.